The van der Waals surface area contributed by atoms with Gasteiger partial charge in [-0.3, -0.25) is 9.78 Å². The van der Waals surface area contributed by atoms with E-state index < -0.39 is 36.4 Å². The van der Waals surface area contributed by atoms with Crippen molar-refractivity contribution in [2.75, 3.05) is 18.5 Å². The Bertz CT molecular complexity index is 1750. The first-order valence-corrected chi connectivity index (χ1v) is 14.0. The number of anilines is 2. The SMILES string of the molecule is CC(C(=O)O)c1ccc(-c2ccccc2)c(F)c1.O=C(OCC(O)CO)c1ccccc1Nc1ccnc2cc(Cl)ccc12. The largest absolute Gasteiger partial charge is 0.481 e. The zero-order chi connectivity index (χ0) is 31.6. The number of aromatic nitrogens is 1. The van der Waals surface area contributed by atoms with Gasteiger partial charge in [0.25, 0.3) is 0 Å². The van der Waals surface area contributed by atoms with E-state index in [1.807, 2.05) is 36.4 Å². The van der Waals surface area contributed by atoms with Crippen LogP contribution in [0.5, 0.6) is 0 Å². The topological polar surface area (TPSA) is 129 Å². The molecular formula is C34H30ClFN2O6. The van der Waals surface area contributed by atoms with Crippen LogP contribution in [0.25, 0.3) is 22.0 Å². The molecule has 0 spiro atoms. The van der Waals surface area contributed by atoms with Gasteiger partial charge in [0.2, 0.25) is 0 Å². The molecule has 44 heavy (non-hydrogen) atoms. The molecule has 5 rings (SSSR count). The van der Waals surface area contributed by atoms with Crippen LogP contribution in [0.4, 0.5) is 15.8 Å². The van der Waals surface area contributed by atoms with Crippen LogP contribution in [-0.4, -0.2) is 51.6 Å². The summed E-state index contributed by atoms with van der Waals surface area (Å²) in [6.07, 6.45) is 0.549. The minimum Gasteiger partial charge on any atom is -0.481 e. The van der Waals surface area contributed by atoms with E-state index in [2.05, 4.69) is 10.3 Å². The Morgan fingerprint density at radius 1 is 0.955 bits per heavy atom. The monoisotopic (exact) mass is 616 g/mol. The Balaban J connectivity index is 0.000000215. The first-order chi connectivity index (χ1) is 21.2. The fraction of sp³-hybridized carbons (Fsp3) is 0.147. The average molecular weight is 617 g/mol. The van der Waals surface area contributed by atoms with E-state index in [4.69, 9.17) is 26.6 Å². The fourth-order valence-electron chi connectivity index (χ4n) is 4.24. The van der Waals surface area contributed by atoms with Crippen molar-refractivity contribution in [3.63, 3.8) is 0 Å². The molecular weight excluding hydrogens is 587 g/mol. The third kappa shape index (κ3) is 8.17. The summed E-state index contributed by atoms with van der Waals surface area (Å²) < 4.78 is 19.0. The van der Waals surface area contributed by atoms with Gasteiger partial charge in [0.1, 0.15) is 18.5 Å². The lowest BCUT2D eigenvalue weighted by Gasteiger charge is -2.14. The lowest BCUT2D eigenvalue weighted by atomic mass is 9.97. The van der Waals surface area contributed by atoms with E-state index in [1.165, 1.54) is 6.07 Å². The maximum absolute atomic E-state index is 14.0. The van der Waals surface area contributed by atoms with E-state index in [1.54, 1.807) is 67.7 Å². The number of halogens is 2. The van der Waals surface area contributed by atoms with Gasteiger partial charge in [-0.15, -0.1) is 0 Å². The standard InChI is InChI=1S/C19H17ClN2O4.C15H13FO2/c20-12-5-6-14-17(7-8-21-18(14)9-12)22-16-4-2-1-3-15(16)19(25)26-11-13(24)10-23;1-10(15(17)18)12-7-8-13(14(16)9-12)11-5-3-2-4-6-11/h1-9,13,23-24H,10-11H2,(H,21,22);2-10H,1H3,(H,17,18). The van der Waals surface area contributed by atoms with Gasteiger partial charge in [0, 0.05) is 27.9 Å². The van der Waals surface area contributed by atoms with Crippen LogP contribution in [0, 0.1) is 5.82 Å². The van der Waals surface area contributed by atoms with Crippen LogP contribution >= 0.6 is 11.6 Å². The summed E-state index contributed by atoms with van der Waals surface area (Å²) in [4.78, 5) is 27.4. The average Bonchev–Trinajstić information content (AvgIpc) is 3.04. The zero-order valence-corrected chi connectivity index (χ0v) is 24.4. The molecule has 8 nitrogen and oxygen atoms in total. The molecule has 1 aromatic heterocycles. The molecule has 0 saturated heterocycles. The van der Waals surface area contributed by atoms with E-state index >= 15 is 0 Å². The molecule has 0 radical (unpaired) electrons. The maximum atomic E-state index is 14.0. The molecule has 4 aromatic carbocycles. The number of rotatable bonds is 9. The molecule has 226 valence electrons. The quantitative estimate of drug-likeness (QED) is 0.133. The number of hydrogen-bond donors (Lipinski definition) is 4. The second kappa shape index (κ2) is 15.1. The number of aliphatic hydroxyl groups excluding tert-OH is 2. The number of carboxylic acid groups (broad SMARTS) is 1. The number of para-hydroxylation sites is 1. The third-order valence-electron chi connectivity index (χ3n) is 6.69. The highest BCUT2D eigenvalue weighted by Crippen LogP contribution is 2.29. The second-order valence-corrected chi connectivity index (χ2v) is 10.2. The molecule has 4 N–H and O–H groups in total. The van der Waals surface area contributed by atoms with Crippen LogP contribution in [0.15, 0.2) is 103 Å². The summed E-state index contributed by atoms with van der Waals surface area (Å²) in [5.74, 6) is -2.65. The number of carbonyl (C=O) groups excluding carboxylic acids is 1. The maximum Gasteiger partial charge on any atom is 0.340 e. The number of ether oxygens (including phenoxy) is 1. The van der Waals surface area contributed by atoms with Crippen molar-refractivity contribution in [2.45, 2.75) is 18.9 Å². The number of carboxylic acids is 1. The molecule has 0 aliphatic rings. The number of carbonyl (C=O) groups is 2. The van der Waals surface area contributed by atoms with Crippen LogP contribution in [0.2, 0.25) is 5.02 Å². The zero-order valence-electron chi connectivity index (χ0n) is 23.7. The number of nitrogens with one attached hydrogen (secondary N) is 1. The van der Waals surface area contributed by atoms with Crippen molar-refractivity contribution < 1.29 is 34.0 Å². The van der Waals surface area contributed by atoms with Crippen molar-refractivity contribution in [1.82, 2.24) is 4.98 Å². The Morgan fingerprint density at radius 2 is 1.68 bits per heavy atom. The Labute approximate surface area is 258 Å². The highest BCUT2D eigenvalue weighted by molar-refractivity contribution is 6.31. The molecule has 0 aliphatic carbocycles. The summed E-state index contributed by atoms with van der Waals surface area (Å²) in [6.45, 7) is 0.790. The van der Waals surface area contributed by atoms with Crippen molar-refractivity contribution in [3.05, 3.63) is 125 Å². The second-order valence-electron chi connectivity index (χ2n) is 9.79. The summed E-state index contributed by atoms with van der Waals surface area (Å²) in [6, 6.07) is 27.8. The molecule has 2 unspecified atom stereocenters. The lowest BCUT2D eigenvalue weighted by Crippen LogP contribution is -2.22. The van der Waals surface area contributed by atoms with E-state index in [0.717, 1.165) is 22.2 Å². The molecule has 0 aliphatic heterocycles. The lowest BCUT2D eigenvalue weighted by molar-refractivity contribution is -0.138. The van der Waals surface area contributed by atoms with Gasteiger partial charge in [-0.05, 0) is 60.5 Å². The molecule has 2 atom stereocenters. The van der Waals surface area contributed by atoms with E-state index in [0.29, 0.717) is 27.4 Å². The summed E-state index contributed by atoms with van der Waals surface area (Å²) in [7, 11) is 0. The van der Waals surface area contributed by atoms with Crippen molar-refractivity contribution in [1.29, 1.82) is 0 Å². The minimum atomic E-state index is -1.10. The van der Waals surface area contributed by atoms with Crippen molar-refractivity contribution in [2.24, 2.45) is 0 Å². The number of pyridine rings is 1. The van der Waals surface area contributed by atoms with Gasteiger partial charge in [0.05, 0.1) is 29.3 Å². The minimum absolute atomic E-state index is 0.277. The predicted molar refractivity (Wildman–Crippen MR) is 168 cm³/mol. The van der Waals surface area contributed by atoms with Crippen molar-refractivity contribution in [3.8, 4) is 11.1 Å². The summed E-state index contributed by atoms with van der Waals surface area (Å²) in [5, 5.41) is 31.7. The molecule has 0 fully saturated rings. The Morgan fingerprint density at radius 3 is 2.39 bits per heavy atom. The molecule has 10 heteroatoms. The molecule has 0 bridgehead atoms. The van der Waals surface area contributed by atoms with Crippen molar-refractivity contribution >= 4 is 45.8 Å². The van der Waals surface area contributed by atoms with Gasteiger partial charge in [-0.25, -0.2) is 9.18 Å². The molecule has 0 saturated carbocycles. The highest BCUT2D eigenvalue weighted by atomic mass is 35.5. The van der Waals surface area contributed by atoms with E-state index in [-0.39, 0.29) is 6.61 Å². The molecule has 5 aromatic rings. The Hall–Kier alpha value is -4.83. The fourth-order valence-corrected chi connectivity index (χ4v) is 4.41. The van der Waals surface area contributed by atoms with E-state index in [9.17, 15) is 19.1 Å². The van der Waals surface area contributed by atoms with Gasteiger partial charge in [0.15, 0.2) is 0 Å². The van der Waals surface area contributed by atoms with Gasteiger partial charge in [-0.2, -0.15) is 0 Å². The third-order valence-corrected chi connectivity index (χ3v) is 6.92. The van der Waals surface area contributed by atoms with Gasteiger partial charge in [-0.1, -0.05) is 66.2 Å². The molecule has 0 amide bonds. The first kappa shape index (κ1) is 32.1. The summed E-state index contributed by atoms with van der Waals surface area (Å²) >= 11 is 6.01. The number of esters is 1. The predicted octanol–water partition coefficient (Wildman–Crippen LogP) is 6.82. The molecule has 1 heterocycles. The number of benzene rings is 4. The van der Waals surface area contributed by atoms with Crippen LogP contribution in [0.1, 0.15) is 28.8 Å². The number of aliphatic carboxylic acids is 1. The number of hydrogen-bond acceptors (Lipinski definition) is 7. The van der Waals surface area contributed by atoms with Crippen LogP contribution in [-0.2, 0) is 9.53 Å². The highest BCUT2D eigenvalue weighted by Gasteiger charge is 2.17. The normalized spacial score (nSPS) is 12.0. The number of fused-ring (bicyclic) bond motifs is 1. The van der Waals surface area contributed by atoms with Crippen LogP contribution < -0.4 is 5.32 Å². The smallest absolute Gasteiger partial charge is 0.340 e. The number of nitrogens with zero attached hydrogens (tertiary/aromatic N) is 1. The number of aliphatic hydroxyl groups is 2. The van der Waals surface area contributed by atoms with Crippen LogP contribution in [0.3, 0.4) is 0 Å². The Kier molecular flexibility index (Phi) is 11.0. The summed E-state index contributed by atoms with van der Waals surface area (Å²) in [5.41, 5.74) is 4.10. The first-order valence-electron chi connectivity index (χ1n) is 13.6. The van der Waals surface area contributed by atoms with Gasteiger partial charge < -0.3 is 25.4 Å². The van der Waals surface area contributed by atoms with Gasteiger partial charge >= 0.3 is 11.9 Å².